The number of hydrogen-bond donors (Lipinski definition) is 0. The summed E-state index contributed by atoms with van der Waals surface area (Å²) in [4.78, 5) is 12.4. The molecule has 5 nitrogen and oxygen atoms in total. The summed E-state index contributed by atoms with van der Waals surface area (Å²) in [6.45, 7) is 6.81. The van der Waals surface area contributed by atoms with E-state index in [4.69, 9.17) is 13.5 Å². The van der Waals surface area contributed by atoms with E-state index < -0.39 is 15.9 Å². The van der Waals surface area contributed by atoms with Crippen molar-refractivity contribution < 1.29 is 22.8 Å². The maximum atomic E-state index is 12.4. The SMILES string of the molecule is COP(=O)(CC(=O)CCO[Si](c1ccccc1)(c1ccccc1)C(C)(C)C)OC. The zero-order chi connectivity index (χ0) is 21.5. The Morgan fingerprint density at radius 1 is 0.897 bits per heavy atom. The lowest BCUT2D eigenvalue weighted by molar-refractivity contribution is -0.117. The molecule has 0 N–H and O–H groups in total. The van der Waals surface area contributed by atoms with Crippen molar-refractivity contribution in [2.24, 2.45) is 0 Å². The van der Waals surface area contributed by atoms with Crippen LogP contribution in [0, 0.1) is 0 Å². The van der Waals surface area contributed by atoms with Crippen LogP contribution >= 0.6 is 7.60 Å². The molecular weight excluding hydrogens is 403 g/mol. The molecule has 0 bridgehead atoms. The van der Waals surface area contributed by atoms with Crippen LogP contribution in [0.25, 0.3) is 0 Å². The van der Waals surface area contributed by atoms with Gasteiger partial charge in [-0.05, 0) is 15.4 Å². The first-order chi connectivity index (χ1) is 13.7. The smallest absolute Gasteiger partial charge is 0.337 e. The predicted octanol–water partition coefficient (Wildman–Crippen LogP) is 4.01. The summed E-state index contributed by atoms with van der Waals surface area (Å²) in [6, 6.07) is 20.5. The Morgan fingerprint density at radius 3 is 1.72 bits per heavy atom. The molecule has 2 aromatic carbocycles. The topological polar surface area (TPSA) is 61.8 Å². The molecule has 0 aliphatic carbocycles. The molecule has 0 aliphatic heterocycles. The minimum atomic E-state index is -3.36. The Bertz CT molecular complexity index is 786. The predicted molar refractivity (Wildman–Crippen MR) is 120 cm³/mol. The van der Waals surface area contributed by atoms with Gasteiger partial charge in [-0.2, -0.15) is 0 Å². The van der Waals surface area contributed by atoms with Gasteiger partial charge in [-0.3, -0.25) is 9.36 Å². The number of Topliss-reactive ketones (excluding diaryl/α,β-unsaturated/α-hetero) is 1. The van der Waals surface area contributed by atoms with Gasteiger partial charge in [-0.25, -0.2) is 0 Å². The largest absolute Gasteiger partial charge is 0.407 e. The van der Waals surface area contributed by atoms with Crippen molar-refractivity contribution in [1.82, 2.24) is 0 Å². The molecule has 0 aromatic heterocycles. The molecule has 0 unspecified atom stereocenters. The van der Waals surface area contributed by atoms with Crippen molar-refractivity contribution >= 4 is 32.1 Å². The van der Waals surface area contributed by atoms with Crippen LogP contribution < -0.4 is 10.4 Å². The Labute approximate surface area is 175 Å². The number of benzene rings is 2. The van der Waals surface area contributed by atoms with Gasteiger partial charge in [0.15, 0.2) is 0 Å². The molecule has 0 saturated heterocycles. The molecule has 0 radical (unpaired) electrons. The lowest BCUT2D eigenvalue weighted by Gasteiger charge is -2.43. The van der Waals surface area contributed by atoms with Crippen molar-refractivity contribution in [2.75, 3.05) is 27.0 Å². The molecule has 0 aliphatic rings. The van der Waals surface area contributed by atoms with Gasteiger partial charge in [-0.1, -0.05) is 81.4 Å². The number of carbonyl (C=O) groups excluding carboxylic acids is 1. The highest BCUT2D eigenvalue weighted by Crippen LogP contribution is 2.46. The van der Waals surface area contributed by atoms with Gasteiger partial charge in [0.05, 0.1) is 0 Å². The minimum absolute atomic E-state index is 0.154. The first-order valence-corrected chi connectivity index (χ1v) is 13.3. The fraction of sp³-hybridized carbons (Fsp3) is 0.409. The van der Waals surface area contributed by atoms with Crippen LogP contribution in [-0.4, -0.2) is 41.1 Å². The highest BCUT2D eigenvalue weighted by molar-refractivity contribution is 7.54. The van der Waals surface area contributed by atoms with Gasteiger partial charge in [0.1, 0.15) is 11.9 Å². The summed E-state index contributed by atoms with van der Waals surface area (Å²) in [5, 5.41) is 2.16. The fourth-order valence-electron chi connectivity index (χ4n) is 3.58. The molecular formula is C22H31O5PSi. The zero-order valence-corrected chi connectivity index (χ0v) is 19.8. The van der Waals surface area contributed by atoms with Gasteiger partial charge < -0.3 is 13.5 Å². The van der Waals surface area contributed by atoms with E-state index in [-0.39, 0.29) is 30.0 Å². The molecule has 29 heavy (non-hydrogen) atoms. The highest BCUT2D eigenvalue weighted by atomic mass is 31.2. The standard InChI is InChI=1S/C22H31O5PSi/c1-22(2,3)29(20-12-8-6-9-13-20,21-14-10-7-11-15-21)27-17-16-19(23)18-28(24,25-4)26-5/h6-15H,16-18H2,1-5H3. The van der Waals surface area contributed by atoms with Gasteiger partial charge >= 0.3 is 7.60 Å². The Morgan fingerprint density at radius 2 is 1.34 bits per heavy atom. The summed E-state index contributed by atoms with van der Waals surface area (Å²) in [5.41, 5.74) is 0. The van der Waals surface area contributed by atoms with Crippen molar-refractivity contribution in [3.63, 3.8) is 0 Å². The Balaban J connectivity index is 2.32. The Hall–Kier alpha value is -1.56. The molecule has 0 saturated carbocycles. The average Bonchev–Trinajstić information content (AvgIpc) is 2.71. The molecule has 2 aromatic rings. The molecule has 0 amide bonds. The highest BCUT2D eigenvalue weighted by Gasteiger charge is 2.50. The van der Waals surface area contributed by atoms with Crippen LogP contribution in [0.3, 0.4) is 0 Å². The lowest BCUT2D eigenvalue weighted by atomic mass is 10.2. The molecule has 2 rings (SSSR count). The van der Waals surface area contributed by atoms with E-state index in [0.29, 0.717) is 0 Å². The van der Waals surface area contributed by atoms with Crippen molar-refractivity contribution in [3.8, 4) is 0 Å². The van der Waals surface area contributed by atoms with Crippen molar-refractivity contribution in [1.29, 1.82) is 0 Å². The van der Waals surface area contributed by atoms with Crippen molar-refractivity contribution in [3.05, 3.63) is 60.7 Å². The second-order valence-corrected chi connectivity index (χ2v) is 14.5. The molecule has 0 heterocycles. The third-order valence-corrected chi connectivity index (χ3v) is 11.9. The summed E-state index contributed by atoms with van der Waals surface area (Å²) in [7, 11) is -3.46. The van der Waals surface area contributed by atoms with E-state index in [1.54, 1.807) is 0 Å². The van der Waals surface area contributed by atoms with E-state index in [0.717, 1.165) is 10.4 Å². The van der Waals surface area contributed by atoms with Crippen LogP contribution in [0.4, 0.5) is 0 Å². The second-order valence-electron chi connectivity index (χ2n) is 7.93. The summed E-state index contributed by atoms with van der Waals surface area (Å²) in [5.74, 6) is -0.199. The quantitative estimate of drug-likeness (QED) is 0.418. The van der Waals surface area contributed by atoms with Crippen LogP contribution in [0.1, 0.15) is 27.2 Å². The molecule has 7 heteroatoms. The van der Waals surface area contributed by atoms with Crippen LogP contribution in [-0.2, 0) is 22.8 Å². The van der Waals surface area contributed by atoms with E-state index in [1.165, 1.54) is 14.2 Å². The first-order valence-electron chi connectivity index (χ1n) is 9.66. The van der Waals surface area contributed by atoms with E-state index in [1.807, 2.05) is 36.4 Å². The third kappa shape index (κ3) is 5.53. The zero-order valence-electron chi connectivity index (χ0n) is 17.9. The van der Waals surface area contributed by atoms with Crippen LogP contribution in [0.5, 0.6) is 0 Å². The maximum absolute atomic E-state index is 12.4. The normalized spacial score (nSPS) is 12.7. The van der Waals surface area contributed by atoms with Gasteiger partial charge in [-0.15, -0.1) is 0 Å². The monoisotopic (exact) mass is 434 g/mol. The first kappa shape index (κ1) is 23.7. The third-order valence-electron chi connectivity index (χ3n) is 5.04. The van der Waals surface area contributed by atoms with Gasteiger partial charge in [0.25, 0.3) is 8.32 Å². The number of rotatable bonds is 10. The van der Waals surface area contributed by atoms with Crippen LogP contribution in [0.15, 0.2) is 60.7 Å². The number of hydrogen-bond acceptors (Lipinski definition) is 5. The average molecular weight is 435 g/mol. The van der Waals surface area contributed by atoms with Gasteiger partial charge in [0.2, 0.25) is 0 Å². The fourth-order valence-corrected chi connectivity index (χ4v) is 9.14. The molecule has 0 atom stereocenters. The lowest BCUT2D eigenvalue weighted by Crippen LogP contribution is -2.66. The minimum Gasteiger partial charge on any atom is -0.407 e. The van der Waals surface area contributed by atoms with E-state index in [2.05, 4.69) is 45.0 Å². The molecule has 158 valence electrons. The second kappa shape index (κ2) is 9.96. The van der Waals surface area contributed by atoms with Gasteiger partial charge in [0, 0.05) is 27.2 Å². The molecule has 0 spiro atoms. The summed E-state index contributed by atoms with van der Waals surface area (Å²) in [6.07, 6.45) is -0.0919. The summed E-state index contributed by atoms with van der Waals surface area (Å²) >= 11 is 0. The van der Waals surface area contributed by atoms with E-state index >= 15 is 0 Å². The number of carbonyl (C=O) groups is 1. The number of ketones is 1. The van der Waals surface area contributed by atoms with E-state index in [9.17, 15) is 9.36 Å². The van der Waals surface area contributed by atoms with Crippen LogP contribution in [0.2, 0.25) is 5.04 Å². The maximum Gasteiger partial charge on any atom is 0.337 e. The molecule has 0 fully saturated rings. The summed E-state index contributed by atoms with van der Waals surface area (Å²) < 4.78 is 28.6. The van der Waals surface area contributed by atoms with Crippen molar-refractivity contribution in [2.45, 2.75) is 32.2 Å². The Kier molecular flexibility index (Phi) is 8.15.